The molecule has 0 saturated carbocycles. The minimum Gasteiger partial charge on any atom is -0.369 e. The van der Waals surface area contributed by atoms with Crippen LogP contribution in [-0.2, 0) is 6.54 Å². The average Bonchev–Trinajstić information content (AvgIpc) is 2.63. The van der Waals surface area contributed by atoms with Crippen molar-refractivity contribution >= 4 is 40.2 Å². The first-order valence-electron chi connectivity index (χ1n) is 6.17. The molecule has 1 aromatic heterocycles. The second-order valence-corrected chi connectivity index (χ2v) is 5.33. The molecule has 0 bridgehead atoms. The van der Waals surface area contributed by atoms with Crippen LogP contribution in [0.15, 0.2) is 12.1 Å². The van der Waals surface area contributed by atoms with Gasteiger partial charge in [-0.2, -0.15) is 0 Å². The van der Waals surface area contributed by atoms with Crippen molar-refractivity contribution in [3.8, 4) is 0 Å². The Labute approximate surface area is 117 Å². The molecule has 0 atom stereocenters. The lowest BCUT2D eigenvalue weighted by molar-refractivity contribution is 0.427. The van der Waals surface area contributed by atoms with Gasteiger partial charge in [0.05, 0.1) is 21.1 Å². The van der Waals surface area contributed by atoms with E-state index in [-0.39, 0.29) is 0 Å². The lowest BCUT2D eigenvalue weighted by Crippen LogP contribution is -2.11. The van der Waals surface area contributed by atoms with Crippen LogP contribution in [0.2, 0.25) is 10.0 Å². The highest BCUT2D eigenvalue weighted by atomic mass is 35.5. The molecule has 0 spiro atoms. The second kappa shape index (κ2) is 5.37. The summed E-state index contributed by atoms with van der Waals surface area (Å²) in [6, 6.07) is 3.60. The van der Waals surface area contributed by atoms with E-state index in [0.29, 0.717) is 21.9 Å². The molecule has 0 radical (unpaired) electrons. The molecule has 1 aromatic carbocycles. The first kappa shape index (κ1) is 13.5. The van der Waals surface area contributed by atoms with Gasteiger partial charge in [0.15, 0.2) is 0 Å². The Hall–Kier alpha value is -0.930. The van der Waals surface area contributed by atoms with E-state index >= 15 is 0 Å². The summed E-state index contributed by atoms with van der Waals surface area (Å²) in [5, 5.41) is 1.05. The Bertz CT molecular complexity index is 559. The normalized spacial score (nSPS) is 11.6. The van der Waals surface area contributed by atoms with Crippen molar-refractivity contribution in [3.05, 3.63) is 22.2 Å². The van der Waals surface area contributed by atoms with E-state index in [1.807, 2.05) is 10.6 Å². The van der Waals surface area contributed by atoms with Crippen molar-refractivity contribution in [2.45, 2.75) is 33.2 Å². The van der Waals surface area contributed by atoms with Crippen LogP contribution >= 0.6 is 23.2 Å². The van der Waals surface area contributed by atoms with Crippen LogP contribution in [0, 0.1) is 5.92 Å². The average molecular weight is 286 g/mol. The molecule has 98 valence electrons. The molecule has 0 fully saturated rings. The van der Waals surface area contributed by atoms with Gasteiger partial charge in [-0.1, -0.05) is 49.9 Å². The standard InChI is InChI=1S/C13H17Cl2N3/c1-3-8(4-2)7-18-12-6-10(15)9(14)5-11(12)17-13(18)16/h5-6,8H,3-4,7H2,1-2H3,(H2,16,17). The van der Waals surface area contributed by atoms with Crippen LogP contribution in [0.4, 0.5) is 5.95 Å². The summed E-state index contributed by atoms with van der Waals surface area (Å²) in [6.45, 7) is 5.24. The summed E-state index contributed by atoms with van der Waals surface area (Å²) >= 11 is 12.0. The molecular weight excluding hydrogens is 269 g/mol. The number of fused-ring (bicyclic) bond motifs is 1. The molecule has 0 aliphatic heterocycles. The molecule has 1 heterocycles. The van der Waals surface area contributed by atoms with Crippen molar-refractivity contribution in [1.82, 2.24) is 9.55 Å². The summed E-state index contributed by atoms with van der Waals surface area (Å²) in [4.78, 5) is 4.33. The number of rotatable bonds is 4. The zero-order chi connectivity index (χ0) is 13.3. The highest BCUT2D eigenvalue weighted by molar-refractivity contribution is 6.42. The Balaban J connectivity index is 2.49. The number of hydrogen-bond donors (Lipinski definition) is 1. The van der Waals surface area contributed by atoms with Crippen LogP contribution in [0.1, 0.15) is 26.7 Å². The van der Waals surface area contributed by atoms with Gasteiger partial charge in [-0.15, -0.1) is 0 Å². The fourth-order valence-corrected chi connectivity index (χ4v) is 2.45. The number of anilines is 1. The van der Waals surface area contributed by atoms with E-state index in [4.69, 9.17) is 28.9 Å². The van der Waals surface area contributed by atoms with E-state index in [0.717, 1.165) is 30.4 Å². The summed E-state index contributed by atoms with van der Waals surface area (Å²) in [5.41, 5.74) is 7.73. The fourth-order valence-electron chi connectivity index (χ4n) is 2.14. The lowest BCUT2D eigenvalue weighted by atomic mass is 10.0. The first-order chi connectivity index (χ1) is 8.56. The van der Waals surface area contributed by atoms with Crippen molar-refractivity contribution < 1.29 is 0 Å². The molecule has 0 unspecified atom stereocenters. The monoisotopic (exact) mass is 285 g/mol. The highest BCUT2D eigenvalue weighted by Crippen LogP contribution is 2.29. The van der Waals surface area contributed by atoms with Crippen molar-refractivity contribution in [2.24, 2.45) is 5.92 Å². The molecule has 0 aliphatic rings. The molecule has 2 aromatic rings. The predicted octanol–water partition coefficient (Wildman–Crippen LogP) is 4.36. The van der Waals surface area contributed by atoms with Crippen LogP contribution < -0.4 is 5.73 Å². The zero-order valence-electron chi connectivity index (χ0n) is 10.6. The number of imidazole rings is 1. The van der Waals surface area contributed by atoms with Gasteiger partial charge in [-0.25, -0.2) is 4.98 Å². The maximum atomic E-state index is 6.06. The van der Waals surface area contributed by atoms with E-state index in [9.17, 15) is 0 Å². The van der Waals surface area contributed by atoms with Gasteiger partial charge in [0.25, 0.3) is 0 Å². The van der Waals surface area contributed by atoms with E-state index in [1.165, 1.54) is 0 Å². The van der Waals surface area contributed by atoms with E-state index in [2.05, 4.69) is 18.8 Å². The molecule has 2 rings (SSSR count). The quantitative estimate of drug-likeness (QED) is 0.907. The highest BCUT2D eigenvalue weighted by Gasteiger charge is 2.13. The smallest absolute Gasteiger partial charge is 0.201 e. The van der Waals surface area contributed by atoms with Gasteiger partial charge in [0, 0.05) is 6.54 Å². The summed E-state index contributed by atoms with van der Waals surface area (Å²) in [5.74, 6) is 1.12. The minimum absolute atomic E-state index is 0.511. The number of nitrogens with zero attached hydrogens (tertiary/aromatic N) is 2. The van der Waals surface area contributed by atoms with Gasteiger partial charge < -0.3 is 10.3 Å². The van der Waals surface area contributed by atoms with Gasteiger partial charge in [0.2, 0.25) is 5.95 Å². The number of aromatic nitrogens is 2. The maximum Gasteiger partial charge on any atom is 0.201 e. The largest absolute Gasteiger partial charge is 0.369 e. The molecular formula is C13H17Cl2N3. The Kier molecular flexibility index (Phi) is 4.03. The van der Waals surface area contributed by atoms with E-state index in [1.54, 1.807) is 6.07 Å². The molecule has 5 heteroatoms. The number of nitrogens with two attached hydrogens (primary N) is 1. The number of benzene rings is 1. The Morgan fingerprint density at radius 1 is 1.22 bits per heavy atom. The number of hydrogen-bond acceptors (Lipinski definition) is 2. The van der Waals surface area contributed by atoms with E-state index < -0.39 is 0 Å². The maximum absolute atomic E-state index is 6.06. The number of halogens is 2. The third kappa shape index (κ3) is 2.43. The van der Waals surface area contributed by atoms with Gasteiger partial charge in [-0.05, 0) is 18.1 Å². The van der Waals surface area contributed by atoms with Crippen LogP contribution in [-0.4, -0.2) is 9.55 Å². The zero-order valence-corrected chi connectivity index (χ0v) is 12.1. The molecule has 2 N–H and O–H groups in total. The predicted molar refractivity (Wildman–Crippen MR) is 78.2 cm³/mol. The van der Waals surface area contributed by atoms with Gasteiger partial charge >= 0.3 is 0 Å². The van der Waals surface area contributed by atoms with Crippen LogP contribution in [0.5, 0.6) is 0 Å². The molecule has 0 saturated heterocycles. The van der Waals surface area contributed by atoms with Crippen molar-refractivity contribution in [3.63, 3.8) is 0 Å². The second-order valence-electron chi connectivity index (χ2n) is 4.52. The minimum atomic E-state index is 0.511. The number of nitrogen functional groups attached to an aromatic ring is 1. The molecule has 18 heavy (non-hydrogen) atoms. The Morgan fingerprint density at radius 2 is 1.83 bits per heavy atom. The molecule has 0 aliphatic carbocycles. The third-order valence-electron chi connectivity index (χ3n) is 3.42. The van der Waals surface area contributed by atoms with Crippen molar-refractivity contribution in [1.29, 1.82) is 0 Å². The lowest BCUT2D eigenvalue weighted by Gasteiger charge is -2.14. The van der Waals surface area contributed by atoms with Gasteiger partial charge in [-0.3, -0.25) is 0 Å². The van der Waals surface area contributed by atoms with Crippen LogP contribution in [0.3, 0.4) is 0 Å². The summed E-state index contributed by atoms with van der Waals surface area (Å²) < 4.78 is 2.02. The van der Waals surface area contributed by atoms with Gasteiger partial charge in [0.1, 0.15) is 0 Å². The summed E-state index contributed by atoms with van der Waals surface area (Å²) in [7, 11) is 0. The third-order valence-corrected chi connectivity index (χ3v) is 4.14. The Morgan fingerprint density at radius 3 is 2.44 bits per heavy atom. The molecule has 3 nitrogen and oxygen atoms in total. The molecule has 0 amide bonds. The summed E-state index contributed by atoms with van der Waals surface area (Å²) in [6.07, 6.45) is 2.24. The van der Waals surface area contributed by atoms with Crippen molar-refractivity contribution in [2.75, 3.05) is 5.73 Å². The van der Waals surface area contributed by atoms with Crippen LogP contribution in [0.25, 0.3) is 11.0 Å². The first-order valence-corrected chi connectivity index (χ1v) is 6.93. The SMILES string of the molecule is CCC(CC)Cn1c(N)nc2cc(Cl)c(Cl)cc21. The topological polar surface area (TPSA) is 43.8 Å². The fraction of sp³-hybridized carbons (Fsp3) is 0.462.